The first-order valence-electron chi connectivity index (χ1n) is 9.70. The predicted molar refractivity (Wildman–Crippen MR) is 115 cm³/mol. The zero-order valence-corrected chi connectivity index (χ0v) is 16.6. The van der Waals surface area contributed by atoms with Gasteiger partial charge in [0.1, 0.15) is 12.0 Å². The molecule has 0 saturated heterocycles. The quantitative estimate of drug-likeness (QED) is 0.435. The van der Waals surface area contributed by atoms with Crippen LogP contribution in [0, 0.1) is 0 Å². The molecule has 0 aliphatic heterocycles. The fourth-order valence-electron chi connectivity index (χ4n) is 3.23. The summed E-state index contributed by atoms with van der Waals surface area (Å²) in [5.41, 5.74) is 3.15. The Balaban J connectivity index is 1.78. The largest absolute Gasteiger partial charge is 0.494 e. The lowest BCUT2D eigenvalue weighted by atomic mass is 10.1. The maximum absolute atomic E-state index is 13.5. The Hall–Kier alpha value is -3.93. The zero-order valence-electron chi connectivity index (χ0n) is 16.6. The van der Waals surface area contributed by atoms with Gasteiger partial charge in [0.05, 0.1) is 24.3 Å². The van der Waals surface area contributed by atoms with Crippen LogP contribution in [0.1, 0.15) is 12.5 Å². The number of carbonyl (C=O) groups excluding carboxylic acids is 1. The molecule has 0 fully saturated rings. The lowest BCUT2D eigenvalue weighted by Crippen LogP contribution is -2.28. The molecule has 2 aromatic heterocycles. The number of amides is 1. The van der Waals surface area contributed by atoms with E-state index in [4.69, 9.17) is 9.26 Å². The Bertz CT molecular complexity index is 1110. The van der Waals surface area contributed by atoms with Crippen molar-refractivity contribution in [2.45, 2.75) is 13.3 Å². The zero-order chi connectivity index (χ0) is 20.8. The van der Waals surface area contributed by atoms with Crippen LogP contribution in [0.15, 0.2) is 89.9 Å². The number of pyridine rings is 1. The molecule has 6 nitrogen and oxygen atoms in total. The number of anilines is 2. The van der Waals surface area contributed by atoms with Crippen molar-refractivity contribution in [1.82, 2.24) is 10.1 Å². The molecule has 0 unspecified atom stereocenters. The summed E-state index contributed by atoms with van der Waals surface area (Å²) in [6.45, 7) is 2.46. The number of benzene rings is 2. The molecule has 4 rings (SSSR count). The monoisotopic (exact) mass is 399 g/mol. The van der Waals surface area contributed by atoms with Gasteiger partial charge in [-0.2, -0.15) is 0 Å². The molecule has 4 aromatic rings. The van der Waals surface area contributed by atoms with Crippen molar-refractivity contribution in [2.24, 2.45) is 0 Å². The summed E-state index contributed by atoms with van der Waals surface area (Å²) in [6, 6.07) is 20.7. The number of nitrogens with zero attached hydrogens (tertiary/aromatic N) is 3. The second-order valence-corrected chi connectivity index (χ2v) is 6.61. The molecule has 0 atom stereocenters. The molecule has 0 bridgehead atoms. The molecule has 150 valence electrons. The van der Waals surface area contributed by atoms with Crippen LogP contribution in [0.2, 0.25) is 0 Å². The molecule has 6 heteroatoms. The van der Waals surface area contributed by atoms with Gasteiger partial charge in [0.25, 0.3) is 0 Å². The molecule has 0 aliphatic rings. The van der Waals surface area contributed by atoms with Crippen molar-refractivity contribution in [3.63, 3.8) is 0 Å². The first-order valence-corrected chi connectivity index (χ1v) is 9.70. The molecule has 2 aromatic carbocycles. The van der Waals surface area contributed by atoms with Crippen LogP contribution >= 0.6 is 0 Å². The highest BCUT2D eigenvalue weighted by atomic mass is 16.5. The van der Waals surface area contributed by atoms with Gasteiger partial charge in [0, 0.05) is 18.5 Å². The number of carbonyl (C=O) groups is 1. The molecule has 0 saturated carbocycles. The molecule has 0 spiro atoms. The standard InChI is InChI=1S/C24H21N3O3/c1-2-29-21-10-6-9-20(16-21)27(23(28)15-18-7-4-3-5-8-18)24-22(17-30-26-24)19-11-13-25-14-12-19/h3-14,16-17H,2,15H2,1H3. The van der Waals surface area contributed by atoms with E-state index in [1.165, 1.54) is 0 Å². The fraction of sp³-hybridized carbons (Fsp3) is 0.125. The molecular weight excluding hydrogens is 378 g/mol. The minimum atomic E-state index is -0.126. The lowest BCUT2D eigenvalue weighted by molar-refractivity contribution is -0.117. The van der Waals surface area contributed by atoms with Gasteiger partial charge in [-0.3, -0.25) is 14.7 Å². The summed E-state index contributed by atoms with van der Waals surface area (Å²) < 4.78 is 10.9. The maximum atomic E-state index is 13.5. The summed E-state index contributed by atoms with van der Waals surface area (Å²) in [4.78, 5) is 19.1. The van der Waals surface area contributed by atoms with Crippen molar-refractivity contribution in [2.75, 3.05) is 11.5 Å². The minimum absolute atomic E-state index is 0.126. The summed E-state index contributed by atoms with van der Waals surface area (Å²) in [5, 5.41) is 4.18. The molecule has 0 aliphatic carbocycles. The molecule has 0 N–H and O–H groups in total. The third-order valence-corrected chi connectivity index (χ3v) is 4.59. The van der Waals surface area contributed by atoms with Gasteiger partial charge in [-0.05, 0) is 42.3 Å². The van der Waals surface area contributed by atoms with Crippen molar-refractivity contribution in [3.05, 3.63) is 91.0 Å². The van der Waals surface area contributed by atoms with Gasteiger partial charge in [-0.1, -0.05) is 41.6 Å². The van der Waals surface area contributed by atoms with Gasteiger partial charge in [-0.15, -0.1) is 0 Å². The third-order valence-electron chi connectivity index (χ3n) is 4.59. The van der Waals surface area contributed by atoms with E-state index in [2.05, 4.69) is 10.1 Å². The fourth-order valence-corrected chi connectivity index (χ4v) is 3.23. The highest BCUT2D eigenvalue weighted by Gasteiger charge is 2.25. The van der Waals surface area contributed by atoms with Crippen molar-refractivity contribution in [3.8, 4) is 16.9 Å². The number of hydrogen-bond acceptors (Lipinski definition) is 5. The third kappa shape index (κ3) is 4.22. The number of rotatable bonds is 7. The topological polar surface area (TPSA) is 68.5 Å². The SMILES string of the molecule is CCOc1cccc(N(C(=O)Cc2ccccc2)c2nocc2-c2ccncc2)c1. The number of hydrogen-bond donors (Lipinski definition) is 0. The molecule has 1 amide bonds. The predicted octanol–water partition coefficient (Wildman–Crippen LogP) is 5.04. The Labute approximate surface area is 174 Å². The molecule has 30 heavy (non-hydrogen) atoms. The smallest absolute Gasteiger partial charge is 0.237 e. The van der Waals surface area contributed by atoms with E-state index in [-0.39, 0.29) is 12.3 Å². The number of ether oxygens (including phenoxy) is 1. The first-order chi connectivity index (χ1) is 14.8. The van der Waals surface area contributed by atoms with E-state index in [0.717, 1.165) is 11.1 Å². The minimum Gasteiger partial charge on any atom is -0.494 e. The van der Waals surface area contributed by atoms with Crippen LogP contribution in [0.3, 0.4) is 0 Å². The Morgan fingerprint density at radius 1 is 1.03 bits per heavy atom. The van der Waals surface area contributed by atoms with Crippen molar-refractivity contribution >= 4 is 17.4 Å². The van der Waals surface area contributed by atoms with Gasteiger partial charge in [0.2, 0.25) is 5.91 Å². The van der Waals surface area contributed by atoms with E-state index >= 15 is 0 Å². The Morgan fingerprint density at radius 3 is 2.60 bits per heavy atom. The van der Waals surface area contributed by atoms with Gasteiger partial charge >= 0.3 is 0 Å². The van der Waals surface area contributed by atoms with Gasteiger partial charge < -0.3 is 9.26 Å². The van der Waals surface area contributed by atoms with E-state index in [1.807, 2.05) is 73.7 Å². The number of aromatic nitrogens is 2. The maximum Gasteiger partial charge on any atom is 0.237 e. The molecule has 2 heterocycles. The van der Waals surface area contributed by atoms with E-state index < -0.39 is 0 Å². The van der Waals surface area contributed by atoms with Crippen LogP contribution in [-0.4, -0.2) is 22.7 Å². The summed E-state index contributed by atoms with van der Waals surface area (Å²) in [6.07, 6.45) is 5.15. The van der Waals surface area contributed by atoms with E-state index in [1.54, 1.807) is 23.6 Å². The second-order valence-electron chi connectivity index (χ2n) is 6.61. The van der Waals surface area contributed by atoms with Crippen LogP contribution in [0.25, 0.3) is 11.1 Å². The summed E-state index contributed by atoms with van der Waals surface area (Å²) >= 11 is 0. The normalized spacial score (nSPS) is 10.6. The van der Waals surface area contributed by atoms with Gasteiger partial charge in [-0.25, -0.2) is 0 Å². The van der Waals surface area contributed by atoms with Crippen molar-refractivity contribution < 1.29 is 14.1 Å². The lowest BCUT2D eigenvalue weighted by Gasteiger charge is -2.22. The Morgan fingerprint density at radius 2 is 1.83 bits per heavy atom. The van der Waals surface area contributed by atoms with Crippen LogP contribution < -0.4 is 9.64 Å². The van der Waals surface area contributed by atoms with Gasteiger partial charge in [0.15, 0.2) is 5.82 Å². The average Bonchev–Trinajstić information content (AvgIpc) is 3.25. The Kier molecular flexibility index (Phi) is 5.85. The molecule has 0 radical (unpaired) electrons. The second kappa shape index (κ2) is 9.05. The summed E-state index contributed by atoms with van der Waals surface area (Å²) in [7, 11) is 0. The van der Waals surface area contributed by atoms with Crippen LogP contribution in [-0.2, 0) is 11.2 Å². The highest BCUT2D eigenvalue weighted by molar-refractivity contribution is 6.03. The van der Waals surface area contributed by atoms with E-state index in [9.17, 15) is 4.79 Å². The highest BCUT2D eigenvalue weighted by Crippen LogP contribution is 2.35. The van der Waals surface area contributed by atoms with E-state index in [0.29, 0.717) is 29.4 Å². The van der Waals surface area contributed by atoms with Crippen LogP contribution in [0.4, 0.5) is 11.5 Å². The summed E-state index contributed by atoms with van der Waals surface area (Å²) in [5.74, 6) is 0.983. The molecular formula is C24H21N3O3. The van der Waals surface area contributed by atoms with Crippen molar-refractivity contribution in [1.29, 1.82) is 0 Å². The van der Waals surface area contributed by atoms with Crippen LogP contribution in [0.5, 0.6) is 5.75 Å². The average molecular weight is 399 g/mol. The first kappa shape index (κ1) is 19.4.